The first-order valence-corrected chi connectivity index (χ1v) is 4.84. The van der Waals surface area contributed by atoms with Crippen LogP contribution in [-0.4, -0.2) is 26.1 Å². The zero-order chi connectivity index (χ0) is 10.7. The SMILES string of the molecule is O=C(Nc1ncn[nH]1)c1ncccc1Br. The Morgan fingerprint density at radius 1 is 1.47 bits per heavy atom. The third kappa shape index (κ3) is 2.18. The summed E-state index contributed by atoms with van der Waals surface area (Å²) in [6.45, 7) is 0. The molecule has 15 heavy (non-hydrogen) atoms. The molecule has 0 aliphatic heterocycles. The molecule has 2 rings (SSSR count). The van der Waals surface area contributed by atoms with E-state index in [4.69, 9.17) is 0 Å². The van der Waals surface area contributed by atoms with Crippen molar-refractivity contribution >= 4 is 27.8 Å². The number of aromatic amines is 1. The Morgan fingerprint density at radius 2 is 2.33 bits per heavy atom. The van der Waals surface area contributed by atoms with Gasteiger partial charge in [-0.1, -0.05) is 0 Å². The van der Waals surface area contributed by atoms with Gasteiger partial charge < -0.3 is 0 Å². The molecule has 2 aromatic rings. The minimum Gasteiger partial charge on any atom is -0.289 e. The molecule has 0 saturated carbocycles. The smallest absolute Gasteiger partial charge is 0.277 e. The van der Waals surface area contributed by atoms with E-state index in [1.807, 2.05) is 0 Å². The highest BCUT2D eigenvalue weighted by molar-refractivity contribution is 9.10. The van der Waals surface area contributed by atoms with E-state index in [1.54, 1.807) is 18.3 Å². The first kappa shape index (κ1) is 9.78. The van der Waals surface area contributed by atoms with Crippen LogP contribution in [0.25, 0.3) is 0 Å². The molecule has 0 unspecified atom stereocenters. The molecule has 0 atom stereocenters. The third-order valence-corrected chi connectivity index (χ3v) is 2.26. The van der Waals surface area contributed by atoms with Gasteiger partial charge in [-0.15, -0.1) is 0 Å². The summed E-state index contributed by atoms with van der Waals surface area (Å²) in [7, 11) is 0. The van der Waals surface area contributed by atoms with Crippen molar-refractivity contribution in [3.63, 3.8) is 0 Å². The van der Waals surface area contributed by atoms with E-state index in [1.165, 1.54) is 6.33 Å². The fraction of sp³-hybridized carbons (Fsp3) is 0. The molecule has 2 heterocycles. The molecule has 0 aliphatic carbocycles. The van der Waals surface area contributed by atoms with E-state index in [9.17, 15) is 4.79 Å². The lowest BCUT2D eigenvalue weighted by Gasteiger charge is -2.01. The molecule has 2 N–H and O–H groups in total. The average Bonchev–Trinajstić information content (AvgIpc) is 2.71. The number of carbonyl (C=O) groups is 1. The van der Waals surface area contributed by atoms with Gasteiger partial charge in [0, 0.05) is 10.7 Å². The van der Waals surface area contributed by atoms with Gasteiger partial charge in [0.25, 0.3) is 5.91 Å². The van der Waals surface area contributed by atoms with Crippen molar-refractivity contribution in [2.75, 3.05) is 5.32 Å². The summed E-state index contributed by atoms with van der Waals surface area (Å²) in [6, 6.07) is 3.47. The first-order valence-electron chi connectivity index (χ1n) is 4.04. The molecule has 0 radical (unpaired) electrons. The summed E-state index contributed by atoms with van der Waals surface area (Å²) < 4.78 is 0.627. The largest absolute Gasteiger partial charge is 0.289 e. The predicted octanol–water partition coefficient (Wildman–Crippen LogP) is 1.21. The number of carbonyl (C=O) groups excluding carboxylic acids is 1. The molecule has 2 aromatic heterocycles. The van der Waals surface area contributed by atoms with Gasteiger partial charge in [0.1, 0.15) is 12.0 Å². The van der Waals surface area contributed by atoms with Crippen LogP contribution < -0.4 is 5.32 Å². The highest BCUT2D eigenvalue weighted by Crippen LogP contribution is 2.13. The van der Waals surface area contributed by atoms with Crippen molar-refractivity contribution in [3.05, 3.63) is 34.8 Å². The van der Waals surface area contributed by atoms with Crippen LogP contribution in [-0.2, 0) is 0 Å². The fourth-order valence-electron chi connectivity index (χ4n) is 0.985. The number of hydrogen-bond donors (Lipinski definition) is 2. The van der Waals surface area contributed by atoms with Crippen LogP contribution in [0.2, 0.25) is 0 Å². The number of H-pyrrole nitrogens is 1. The minimum atomic E-state index is -0.348. The van der Waals surface area contributed by atoms with Crippen molar-refractivity contribution in [1.29, 1.82) is 0 Å². The van der Waals surface area contributed by atoms with E-state index >= 15 is 0 Å². The number of nitrogens with zero attached hydrogens (tertiary/aromatic N) is 3. The van der Waals surface area contributed by atoms with Crippen LogP contribution in [0.5, 0.6) is 0 Å². The van der Waals surface area contributed by atoms with E-state index < -0.39 is 0 Å². The van der Waals surface area contributed by atoms with Crippen LogP contribution >= 0.6 is 15.9 Å². The van der Waals surface area contributed by atoms with Gasteiger partial charge in [-0.05, 0) is 28.1 Å². The van der Waals surface area contributed by atoms with Gasteiger partial charge in [-0.3, -0.25) is 10.1 Å². The lowest BCUT2D eigenvalue weighted by Crippen LogP contribution is -2.15. The lowest BCUT2D eigenvalue weighted by atomic mass is 10.3. The van der Waals surface area contributed by atoms with Gasteiger partial charge in [-0.25, -0.2) is 10.1 Å². The second-order valence-electron chi connectivity index (χ2n) is 2.62. The summed E-state index contributed by atoms with van der Waals surface area (Å²) in [6.07, 6.45) is 2.85. The topological polar surface area (TPSA) is 83.6 Å². The monoisotopic (exact) mass is 267 g/mol. The van der Waals surface area contributed by atoms with Crippen molar-refractivity contribution < 1.29 is 4.79 Å². The van der Waals surface area contributed by atoms with Gasteiger partial charge in [-0.2, -0.15) is 10.1 Å². The van der Waals surface area contributed by atoms with Crippen LogP contribution in [0.3, 0.4) is 0 Å². The second-order valence-corrected chi connectivity index (χ2v) is 3.48. The molecular weight excluding hydrogens is 262 g/mol. The number of hydrogen-bond acceptors (Lipinski definition) is 4. The van der Waals surface area contributed by atoms with Gasteiger partial charge >= 0.3 is 0 Å². The standard InChI is InChI=1S/C8H6BrN5O/c9-5-2-1-3-10-6(5)7(15)13-8-11-4-12-14-8/h1-4H,(H2,11,12,13,14,15). The molecule has 0 saturated heterocycles. The van der Waals surface area contributed by atoms with Crippen LogP contribution in [0.15, 0.2) is 29.1 Å². The Bertz CT molecular complexity index is 470. The Kier molecular flexibility index (Phi) is 2.72. The predicted molar refractivity (Wildman–Crippen MR) is 56.3 cm³/mol. The minimum absolute atomic E-state index is 0.289. The first-order chi connectivity index (χ1) is 7.27. The highest BCUT2D eigenvalue weighted by atomic mass is 79.9. The third-order valence-electron chi connectivity index (χ3n) is 1.62. The molecule has 1 amide bonds. The van der Waals surface area contributed by atoms with E-state index in [-0.39, 0.29) is 11.9 Å². The number of rotatable bonds is 2. The molecule has 76 valence electrons. The van der Waals surface area contributed by atoms with Crippen LogP contribution in [0.1, 0.15) is 10.5 Å². The van der Waals surface area contributed by atoms with Gasteiger partial charge in [0.15, 0.2) is 0 Å². The number of amides is 1. The maximum absolute atomic E-state index is 11.6. The molecule has 0 aromatic carbocycles. The zero-order valence-corrected chi connectivity index (χ0v) is 9.02. The van der Waals surface area contributed by atoms with Crippen molar-refractivity contribution in [1.82, 2.24) is 20.2 Å². The van der Waals surface area contributed by atoms with E-state index in [2.05, 4.69) is 41.4 Å². The van der Waals surface area contributed by atoms with Crippen LogP contribution in [0.4, 0.5) is 5.95 Å². The fourth-order valence-corrected chi connectivity index (χ4v) is 1.42. The Morgan fingerprint density at radius 3 is 3.00 bits per heavy atom. The Balaban J connectivity index is 2.19. The molecule has 0 bridgehead atoms. The van der Waals surface area contributed by atoms with Crippen molar-refractivity contribution in [2.45, 2.75) is 0 Å². The van der Waals surface area contributed by atoms with Crippen molar-refractivity contribution in [3.8, 4) is 0 Å². The average molecular weight is 268 g/mol. The number of nitrogens with one attached hydrogen (secondary N) is 2. The maximum Gasteiger partial charge on any atom is 0.277 e. The van der Waals surface area contributed by atoms with Crippen molar-refractivity contribution in [2.24, 2.45) is 0 Å². The number of halogens is 1. The van der Waals surface area contributed by atoms with E-state index in [0.717, 1.165) is 0 Å². The summed E-state index contributed by atoms with van der Waals surface area (Å²) in [5.41, 5.74) is 0.300. The molecule has 0 fully saturated rings. The summed E-state index contributed by atoms with van der Waals surface area (Å²) in [5.74, 6) is -0.0585. The van der Waals surface area contributed by atoms with Crippen LogP contribution in [0, 0.1) is 0 Å². The molecule has 6 nitrogen and oxygen atoms in total. The molecule has 0 spiro atoms. The summed E-state index contributed by atoms with van der Waals surface area (Å²) >= 11 is 3.23. The molecule has 7 heteroatoms. The number of pyridine rings is 1. The second kappa shape index (κ2) is 4.18. The lowest BCUT2D eigenvalue weighted by molar-refractivity contribution is 0.102. The summed E-state index contributed by atoms with van der Waals surface area (Å²) in [5, 5.41) is 8.65. The molecule has 0 aliphatic rings. The zero-order valence-electron chi connectivity index (χ0n) is 7.44. The quantitative estimate of drug-likeness (QED) is 0.857. The Hall–Kier alpha value is -1.76. The number of aromatic nitrogens is 4. The Labute approximate surface area is 93.3 Å². The van der Waals surface area contributed by atoms with E-state index in [0.29, 0.717) is 10.2 Å². The van der Waals surface area contributed by atoms with Gasteiger partial charge in [0.2, 0.25) is 5.95 Å². The normalized spacial score (nSPS) is 9.93. The highest BCUT2D eigenvalue weighted by Gasteiger charge is 2.11. The summed E-state index contributed by atoms with van der Waals surface area (Å²) in [4.78, 5) is 19.3. The molecular formula is C8H6BrN5O. The van der Waals surface area contributed by atoms with Gasteiger partial charge in [0.05, 0.1) is 0 Å². The number of anilines is 1. The maximum atomic E-state index is 11.6.